The Morgan fingerprint density at radius 1 is 1.12 bits per heavy atom. The predicted molar refractivity (Wildman–Crippen MR) is 113 cm³/mol. The van der Waals surface area contributed by atoms with E-state index in [1.165, 1.54) is 12.3 Å². The van der Waals surface area contributed by atoms with Crippen LogP contribution < -0.4 is 27.5 Å². The Kier molecular flexibility index (Phi) is 9.14. The summed E-state index contributed by atoms with van der Waals surface area (Å²) in [5.41, 5.74) is 8.14. The van der Waals surface area contributed by atoms with E-state index in [1.807, 2.05) is 0 Å². The van der Waals surface area contributed by atoms with Gasteiger partial charge < -0.3 is 22.1 Å². The Bertz CT molecular complexity index is 1210. The average Bonchev–Trinajstić information content (AvgIpc) is 2.84. The van der Waals surface area contributed by atoms with E-state index in [2.05, 4.69) is 41.0 Å². The monoisotopic (exact) mass is 473 g/mol. The zero-order valence-corrected chi connectivity index (χ0v) is 17.4. The Morgan fingerprint density at radius 2 is 1.79 bits per heavy atom. The van der Waals surface area contributed by atoms with Gasteiger partial charge in [-0.15, -0.1) is 0 Å². The van der Waals surface area contributed by atoms with Gasteiger partial charge in [0, 0.05) is 19.3 Å². The molecule has 176 valence electrons. The van der Waals surface area contributed by atoms with Crippen molar-refractivity contribution in [1.82, 2.24) is 31.0 Å². The molecule has 0 bridgehead atoms. The van der Waals surface area contributed by atoms with Gasteiger partial charge in [0.05, 0.1) is 47.0 Å². The fourth-order valence-electron chi connectivity index (χ4n) is 2.39. The van der Waals surface area contributed by atoms with Crippen molar-refractivity contribution in [2.45, 2.75) is 6.18 Å². The SMILES string of the molecule is N#Cc1cnnccnncc(=NC(=O)C(=CN)C(=NC2=C(C=CN)NCCN2)C(F)(F)F)c1. The number of hydrogen-bond acceptors (Lipinski definition) is 11. The van der Waals surface area contributed by atoms with Crippen molar-refractivity contribution in [2.75, 3.05) is 13.1 Å². The molecule has 0 spiro atoms. The molecule has 34 heavy (non-hydrogen) atoms. The summed E-state index contributed by atoms with van der Waals surface area (Å²) in [5.74, 6) is -1.59. The molecular formula is C19H18F3N11O. The molecule has 0 fully saturated rings. The van der Waals surface area contributed by atoms with E-state index in [0.717, 1.165) is 30.9 Å². The number of nitrogens with two attached hydrogens (primary N) is 2. The lowest BCUT2D eigenvalue weighted by molar-refractivity contribution is -0.114. The number of hydrogen-bond donors (Lipinski definition) is 4. The van der Waals surface area contributed by atoms with E-state index in [1.54, 1.807) is 6.07 Å². The Labute approximate surface area is 190 Å². The van der Waals surface area contributed by atoms with E-state index in [4.69, 9.17) is 11.5 Å². The van der Waals surface area contributed by atoms with Crippen LogP contribution >= 0.6 is 0 Å². The maximum Gasteiger partial charge on any atom is 0.434 e. The van der Waals surface area contributed by atoms with Crippen molar-refractivity contribution >= 4 is 11.6 Å². The highest BCUT2D eigenvalue weighted by Crippen LogP contribution is 2.24. The maximum absolute atomic E-state index is 13.9. The summed E-state index contributed by atoms with van der Waals surface area (Å²) >= 11 is 0. The highest BCUT2D eigenvalue weighted by atomic mass is 19.4. The Hall–Kier alpha value is -4.87. The minimum absolute atomic E-state index is 0.110. The minimum atomic E-state index is -5.07. The van der Waals surface area contributed by atoms with E-state index in [-0.39, 0.29) is 29.0 Å². The van der Waals surface area contributed by atoms with Gasteiger partial charge in [-0.3, -0.25) is 4.79 Å². The number of carbonyl (C=O) groups excluding carboxylic acids is 1. The van der Waals surface area contributed by atoms with Gasteiger partial charge in [-0.2, -0.15) is 38.8 Å². The second kappa shape index (κ2) is 12.2. The van der Waals surface area contributed by atoms with Crippen LogP contribution in [-0.2, 0) is 4.79 Å². The van der Waals surface area contributed by atoms with Crippen molar-refractivity contribution in [3.8, 4) is 6.07 Å². The van der Waals surface area contributed by atoms with E-state index in [9.17, 15) is 23.2 Å². The standard InChI is InChI=1S/C19H18F3N11O/c20-19(21,22)16(33-17-15(1-2-23)26-3-4-27-17)14(9-25)18(34)32-13-7-12(8-24)10-30-28-5-6-29-31-11-13/h1-2,5-7,9-11,26-27H,3-4,23,25H2. The third kappa shape index (κ3) is 7.37. The van der Waals surface area contributed by atoms with E-state index in [0.29, 0.717) is 12.7 Å². The zero-order valence-electron chi connectivity index (χ0n) is 17.4. The van der Waals surface area contributed by atoms with Crippen LogP contribution in [0.25, 0.3) is 0 Å². The average molecular weight is 473 g/mol. The van der Waals surface area contributed by atoms with E-state index >= 15 is 0 Å². The van der Waals surface area contributed by atoms with Gasteiger partial charge in [0.25, 0.3) is 5.91 Å². The maximum atomic E-state index is 13.9. The molecular weight excluding hydrogens is 455 g/mol. The molecule has 6 N–H and O–H groups in total. The number of nitrogens with zero attached hydrogens (tertiary/aromatic N) is 7. The quantitative estimate of drug-likeness (QED) is 0.323. The van der Waals surface area contributed by atoms with Crippen LogP contribution in [0.2, 0.25) is 0 Å². The van der Waals surface area contributed by atoms with Gasteiger partial charge in [0.15, 0.2) is 5.71 Å². The summed E-state index contributed by atoms with van der Waals surface area (Å²) < 4.78 is 41.6. The number of aromatic nitrogens is 4. The lowest BCUT2D eigenvalue weighted by atomic mass is 10.1. The van der Waals surface area contributed by atoms with Gasteiger partial charge in [-0.1, -0.05) is 0 Å². The van der Waals surface area contributed by atoms with Crippen LogP contribution in [0.1, 0.15) is 5.56 Å². The molecule has 1 aliphatic rings. The number of alkyl halides is 3. The molecule has 1 aromatic heterocycles. The number of nitrogens with one attached hydrogen (secondary N) is 2. The van der Waals surface area contributed by atoms with Crippen molar-refractivity contribution in [3.05, 3.63) is 77.3 Å². The zero-order chi connectivity index (χ0) is 25.0. The largest absolute Gasteiger partial charge is 0.434 e. The number of rotatable bonds is 4. The van der Waals surface area contributed by atoms with Gasteiger partial charge >= 0.3 is 6.18 Å². The smallest absolute Gasteiger partial charge is 0.405 e. The lowest BCUT2D eigenvalue weighted by Crippen LogP contribution is -2.36. The van der Waals surface area contributed by atoms with Crippen LogP contribution in [-0.4, -0.2) is 51.3 Å². The summed E-state index contributed by atoms with van der Waals surface area (Å²) in [7, 11) is 0. The molecule has 0 aliphatic carbocycles. The molecule has 0 aromatic carbocycles. The molecule has 0 atom stereocenters. The molecule has 1 aliphatic heterocycles. The second-order valence-electron chi connectivity index (χ2n) is 6.08. The fraction of sp³-hybridized carbons (Fsp3) is 0.158. The molecule has 15 heteroatoms. The first-order valence-corrected chi connectivity index (χ1v) is 9.34. The predicted octanol–water partition coefficient (Wildman–Crippen LogP) is -0.630. The summed E-state index contributed by atoms with van der Waals surface area (Å²) in [4.78, 5) is 19.9. The van der Waals surface area contributed by atoms with Crippen LogP contribution in [0.5, 0.6) is 0 Å². The number of carbonyl (C=O) groups is 1. The highest BCUT2D eigenvalue weighted by molar-refractivity contribution is 6.24. The van der Waals surface area contributed by atoms with Crippen LogP contribution in [0.3, 0.4) is 0 Å². The van der Waals surface area contributed by atoms with Gasteiger partial charge in [0.2, 0.25) is 0 Å². The van der Waals surface area contributed by atoms with Crippen LogP contribution in [0.15, 0.2) is 76.4 Å². The molecule has 2 rings (SSSR count). The van der Waals surface area contributed by atoms with Crippen molar-refractivity contribution in [1.29, 1.82) is 5.26 Å². The van der Waals surface area contributed by atoms with Crippen molar-refractivity contribution < 1.29 is 18.0 Å². The third-order valence-electron chi connectivity index (χ3n) is 3.78. The Morgan fingerprint density at radius 3 is 2.41 bits per heavy atom. The number of halogens is 3. The second-order valence-corrected chi connectivity index (χ2v) is 6.08. The molecule has 0 radical (unpaired) electrons. The highest BCUT2D eigenvalue weighted by Gasteiger charge is 2.41. The summed E-state index contributed by atoms with van der Waals surface area (Å²) in [6, 6.07) is 2.82. The number of aliphatic imine (C=N–C) groups is 1. The first kappa shape index (κ1) is 25.4. The summed E-state index contributed by atoms with van der Waals surface area (Å²) in [6.07, 6.45) is 2.12. The number of nitriles is 1. The molecule has 0 unspecified atom stereocenters. The number of amides is 1. The molecule has 12 nitrogen and oxygen atoms in total. The van der Waals surface area contributed by atoms with Crippen LogP contribution in [0.4, 0.5) is 13.2 Å². The minimum Gasteiger partial charge on any atom is -0.405 e. The van der Waals surface area contributed by atoms with E-state index < -0.39 is 23.4 Å². The van der Waals surface area contributed by atoms with Crippen molar-refractivity contribution in [2.24, 2.45) is 21.5 Å². The molecule has 0 saturated heterocycles. The van der Waals surface area contributed by atoms with Crippen LogP contribution in [0, 0.1) is 11.3 Å². The molecule has 2 heterocycles. The normalized spacial score (nSPS) is 15.2. The topological polar surface area (TPSA) is 193 Å². The first-order chi connectivity index (χ1) is 16.3. The first-order valence-electron chi connectivity index (χ1n) is 9.34. The fourth-order valence-corrected chi connectivity index (χ4v) is 2.39. The van der Waals surface area contributed by atoms with Gasteiger partial charge in [0.1, 0.15) is 11.9 Å². The lowest BCUT2D eigenvalue weighted by Gasteiger charge is -2.21. The van der Waals surface area contributed by atoms with Crippen molar-refractivity contribution in [3.63, 3.8) is 0 Å². The molecule has 1 amide bonds. The van der Waals surface area contributed by atoms with Gasteiger partial charge in [-0.05, 0) is 18.3 Å². The summed E-state index contributed by atoms with van der Waals surface area (Å²) in [6.45, 7) is 0.684. The summed E-state index contributed by atoms with van der Waals surface area (Å²) in [5, 5.41) is 28.7. The molecule has 0 saturated carbocycles. The Balaban J connectivity index is 2.68. The molecule has 1 aromatic rings. The third-order valence-corrected chi connectivity index (χ3v) is 3.78. The number of allylic oxidation sites excluding steroid dienone is 1. The van der Waals surface area contributed by atoms with Gasteiger partial charge in [-0.25, -0.2) is 9.98 Å².